The lowest BCUT2D eigenvalue weighted by atomic mass is 10.0. The molecular weight excluding hydrogens is 392 g/mol. The molecule has 31 heavy (non-hydrogen) atoms. The second kappa shape index (κ2) is 8.71. The zero-order chi connectivity index (χ0) is 21.2. The number of piperazine rings is 1. The maximum absolute atomic E-state index is 12.6. The minimum Gasteiger partial charge on any atom is -0.454 e. The van der Waals surface area contributed by atoms with E-state index in [9.17, 15) is 9.59 Å². The van der Waals surface area contributed by atoms with Crippen molar-refractivity contribution in [2.45, 2.75) is 38.6 Å². The summed E-state index contributed by atoms with van der Waals surface area (Å²) in [5.41, 5.74) is 4.60. The molecule has 1 aliphatic carbocycles. The molecule has 0 aromatic heterocycles. The summed E-state index contributed by atoms with van der Waals surface area (Å²) in [6.45, 7) is 4.19. The van der Waals surface area contributed by atoms with Crippen LogP contribution >= 0.6 is 0 Å². The Morgan fingerprint density at radius 1 is 0.839 bits per heavy atom. The number of hydrogen-bond donors (Lipinski definition) is 0. The lowest BCUT2D eigenvalue weighted by molar-refractivity contribution is -0.132. The summed E-state index contributed by atoms with van der Waals surface area (Å²) < 4.78 is 10.8. The summed E-state index contributed by atoms with van der Waals surface area (Å²) in [5, 5.41) is 0. The number of rotatable bonds is 6. The Morgan fingerprint density at radius 2 is 1.65 bits per heavy atom. The van der Waals surface area contributed by atoms with Crippen molar-refractivity contribution in [3.05, 3.63) is 58.7 Å². The average Bonchev–Trinajstić information content (AvgIpc) is 3.46. The second-order valence-corrected chi connectivity index (χ2v) is 8.60. The van der Waals surface area contributed by atoms with Crippen LogP contribution in [0, 0.1) is 0 Å². The standard InChI is InChI=1S/C25H28N2O4/c28-22(21-6-5-19-2-1-3-20(19)15-21)7-9-25(29)27-12-10-26(11-13-27)16-18-4-8-23-24(14-18)31-17-30-23/h4-6,8,14-15H,1-3,7,9-13,16-17H2. The van der Waals surface area contributed by atoms with E-state index in [1.807, 2.05) is 29.2 Å². The quantitative estimate of drug-likeness (QED) is 0.672. The van der Waals surface area contributed by atoms with E-state index >= 15 is 0 Å². The Labute approximate surface area is 182 Å². The van der Waals surface area contributed by atoms with Gasteiger partial charge in [-0.3, -0.25) is 14.5 Å². The van der Waals surface area contributed by atoms with Gasteiger partial charge in [0.25, 0.3) is 0 Å². The van der Waals surface area contributed by atoms with E-state index < -0.39 is 0 Å². The van der Waals surface area contributed by atoms with E-state index in [1.54, 1.807) is 0 Å². The fourth-order valence-corrected chi connectivity index (χ4v) is 4.72. The van der Waals surface area contributed by atoms with Crippen molar-refractivity contribution in [2.24, 2.45) is 0 Å². The monoisotopic (exact) mass is 420 g/mol. The molecule has 1 fully saturated rings. The minimum atomic E-state index is 0.0736. The van der Waals surface area contributed by atoms with Crippen LogP contribution in [0.4, 0.5) is 0 Å². The first-order valence-electron chi connectivity index (χ1n) is 11.2. The van der Waals surface area contributed by atoms with E-state index in [-0.39, 0.29) is 31.3 Å². The predicted octanol–water partition coefficient (Wildman–Crippen LogP) is 3.21. The first-order valence-corrected chi connectivity index (χ1v) is 11.2. The highest BCUT2D eigenvalue weighted by Crippen LogP contribution is 2.33. The van der Waals surface area contributed by atoms with Crippen molar-refractivity contribution >= 4 is 11.7 Å². The van der Waals surface area contributed by atoms with Crippen LogP contribution < -0.4 is 9.47 Å². The second-order valence-electron chi connectivity index (χ2n) is 8.60. The Bertz CT molecular complexity index is 995. The summed E-state index contributed by atoms with van der Waals surface area (Å²) >= 11 is 0. The topological polar surface area (TPSA) is 59.1 Å². The van der Waals surface area contributed by atoms with Crippen LogP contribution in [-0.4, -0.2) is 54.5 Å². The van der Waals surface area contributed by atoms with E-state index in [1.165, 1.54) is 23.1 Å². The Balaban J connectivity index is 1.08. The molecule has 6 nitrogen and oxygen atoms in total. The summed E-state index contributed by atoms with van der Waals surface area (Å²) in [6.07, 6.45) is 3.92. The first kappa shape index (κ1) is 20.1. The maximum atomic E-state index is 12.6. The van der Waals surface area contributed by atoms with Gasteiger partial charge < -0.3 is 14.4 Å². The fraction of sp³-hybridized carbons (Fsp3) is 0.440. The van der Waals surface area contributed by atoms with Crippen molar-refractivity contribution in [3.63, 3.8) is 0 Å². The van der Waals surface area contributed by atoms with E-state index in [0.717, 1.165) is 49.5 Å². The lowest BCUT2D eigenvalue weighted by Gasteiger charge is -2.34. The third-order valence-corrected chi connectivity index (χ3v) is 6.55. The Hall–Kier alpha value is -2.86. The number of fused-ring (bicyclic) bond motifs is 2. The van der Waals surface area contributed by atoms with Crippen molar-refractivity contribution in [2.75, 3.05) is 33.0 Å². The molecule has 1 amide bonds. The normalized spacial score (nSPS) is 17.6. The van der Waals surface area contributed by atoms with Crippen molar-refractivity contribution in [1.82, 2.24) is 9.80 Å². The van der Waals surface area contributed by atoms with Crippen LogP contribution in [0.5, 0.6) is 11.5 Å². The molecule has 0 atom stereocenters. The molecule has 5 rings (SSSR count). The van der Waals surface area contributed by atoms with Gasteiger partial charge in [-0.2, -0.15) is 0 Å². The van der Waals surface area contributed by atoms with Crippen LogP contribution in [0.2, 0.25) is 0 Å². The first-order chi connectivity index (χ1) is 15.2. The van der Waals surface area contributed by atoms with Gasteiger partial charge in [0.05, 0.1) is 0 Å². The van der Waals surface area contributed by atoms with Gasteiger partial charge in [-0.25, -0.2) is 0 Å². The summed E-state index contributed by atoms with van der Waals surface area (Å²) in [6, 6.07) is 12.1. The summed E-state index contributed by atoms with van der Waals surface area (Å²) in [5.74, 6) is 1.76. The molecule has 1 saturated heterocycles. The highest BCUT2D eigenvalue weighted by molar-refractivity contribution is 5.98. The average molecular weight is 421 g/mol. The number of carbonyl (C=O) groups excluding carboxylic acids is 2. The number of carbonyl (C=O) groups is 2. The van der Waals surface area contributed by atoms with Crippen LogP contribution in [0.3, 0.4) is 0 Å². The Kier molecular flexibility index (Phi) is 5.64. The molecule has 2 aromatic rings. The van der Waals surface area contributed by atoms with Gasteiger partial charge in [0.1, 0.15) is 0 Å². The van der Waals surface area contributed by atoms with Gasteiger partial charge >= 0.3 is 0 Å². The highest BCUT2D eigenvalue weighted by Gasteiger charge is 2.23. The maximum Gasteiger partial charge on any atom is 0.231 e. The van der Waals surface area contributed by atoms with Crippen LogP contribution in [0.15, 0.2) is 36.4 Å². The number of benzene rings is 2. The zero-order valence-corrected chi connectivity index (χ0v) is 17.8. The van der Waals surface area contributed by atoms with E-state index in [2.05, 4.69) is 17.0 Å². The molecule has 3 aliphatic rings. The number of nitrogens with zero attached hydrogens (tertiary/aromatic N) is 2. The molecule has 6 heteroatoms. The smallest absolute Gasteiger partial charge is 0.231 e. The minimum absolute atomic E-state index is 0.0736. The Morgan fingerprint density at radius 3 is 2.52 bits per heavy atom. The summed E-state index contributed by atoms with van der Waals surface area (Å²) in [7, 11) is 0. The number of amides is 1. The molecule has 162 valence electrons. The van der Waals surface area contributed by atoms with Gasteiger partial charge in [0, 0.05) is 51.1 Å². The molecule has 0 saturated carbocycles. The van der Waals surface area contributed by atoms with Crippen LogP contribution in [0.1, 0.15) is 46.3 Å². The van der Waals surface area contributed by atoms with Crippen LogP contribution in [0.25, 0.3) is 0 Å². The van der Waals surface area contributed by atoms with Gasteiger partial charge in [-0.05, 0) is 54.2 Å². The zero-order valence-electron chi connectivity index (χ0n) is 17.8. The van der Waals surface area contributed by atoms with E-state index in [0.29, 0.717) is 13.1 Å². The molecule has 0 radical (unpaired) electrons. The van der Waals surface area contributed by atoms with Gasteiger partial charge in [0.2, 0.25) is 12.7 Å². The molecular formula is C25H28N2O4. The molecule has 2 heterocycles. The number of hydrogen-bond acceptors (Lipinski definition) is 5. The molecule has 0 N–H and O–H groups in total. The fourth-order valence-electron chi connectivity index (χ4n) is 4.72. The molecule has 0 unspecified atom stereocenters. The SMILES string of the molecule is O=C(CCC(=O)N1CCN(Cc2ccc3c(c2)OCO3)CC1)c1ccc2c(c1)CCC2. The number of aryl methyl sites for hydroxylation is 2. The largest absolute Gasteiger partial charge is 0.454 e. The predicted molar refractivity (Wildman–Crippen MR) is 116 cm³/mol. The molecule has 2 aliphatic heterocycles. The summed E-state index contributed by atoms with van der Waals surface area (Å²) in [4.78, 5) is 29.4. The van der Waals surface area contributed by atoms with Crippen molar-refractivity contribution < 1.29 is 19.1 Å². The number of Topliss-reactive ketones (excluding diaryl/α,β-unsaturated/α-hetero) is 1. The van der Waals surface area contributed by atoms with E-state index in [4.69, 9.17) is 9.47 Å². The van der Waals surface area contributed by atoms with Crippen molar-refractivity contribution in [3.8, 4) is 11.5 Å². The lowest BCUT2D eigenvalue weighted by Crippen LogP contribution is -2.48. The van der Waals surface area contributed by atoms with Crippen molar-refractivity contribution in [1.29, 1.82) is 0 Å². The number of ether oxygens (including phenoxy) is 2. The highest BCUT2D eigenvalue weighted by atomic mass is 16.7. The van der Waals surface area contributed by atoms with Gasteiger partial charge in [-0.1, -0.05) is 18.2 Å². The van der Waals surface area contributed by atoms with Crippen LogP contribution in [-0.2, 0) is 24.2 Å². The van der Waals surface area contributed by atoms with Gasteiger partial charge in [-0.15, -0.1) is 0 Å². The molecule has 0 bridgehead atoms. The molecule has 2 aromatic carbocycles. The third kappa shape index (κ3) is 4.44. The van der Waals surface area contributed by atoms with Gasteiger partial charge in [0.15, 0.2) is 17.3 Å². The number of ketones is 1. The molecule has 0 spiro atoms. The third-order valence-electron chi connectivity index (χ3n) is 6.55.